The summed E-state index contributed by atoms with van der Waals surface area (Å²) >= 11 is 8.36. The van der Waals surface area contributed by atoms with Crippen LogP contribution in [0.15, 0.2) is 29.3 Å². The second-order valence-electron chi connectivity index (χ2n) is 20.8. The third-order valence-electron chi connectivity index (χ3n) is 13.7. The smallest absolute Gasteiger partial charge is 0.326 e. The van der Waals surface area contributed by atoms with E-state index in [0.29, 0.717) is 18.4 Å². The van der Waals surface area contributed by atoms with Crippen LogP contribution in [0.5, 0.6) is 5.75 Å². The number of aliphatic carboxylic acids is 4. The fraction of sp³-hybridized carbons (Fsp3) is 0.604. The first-order chi connectivity index (χ1) is 42.5. The minimum Gasteiger partial charge on any atom is -0.508 e. The summed E-state index contributed by atoms with van der Waals surface area (Å²) in [6.45, 7) is 0.483. The van der Waals surface area contributed by atoms with Crippen LogP contribution in [0.1, 0.15) is 96.0 Å². The Morgan fingerprint density at radius 3 is 1.40 bits per heavy atom. The van der Waals surface area contributed by atoms with E-state index in [2.05, 4.69) is 78.1 Å². The Labute approximate surface area is 527 Å². The number of likely N-dealkylation sites (tertiary alicyclic amines) is 1. The van der Waals surface area contributed by atoms with Crippen LogP contribution in [0.4, 0.5) is 0 Å². The third-order valence-corrected chi connectivity index (χ3v) is 14.5. The number of aliphatic hydroxyl groups excluding tert-OH is 1. The highest BCUT2D eigenvalue weighted by Gasteiger charge is 2.40. The molecule has 0 unspecified atom stereocenters. The van der Waals surface area contributed by atoms with Crippen LogP contribution in [-0.4, -0.2) is 229 Å². The molecule has 35 nitrogen and oxygen atoms in total. The number of guanidine groups is 1. The molecule has 37 heteroatoms. The molecule has 1 heterocycles. The molecule has 502 valence electrons. The van der Waals surface area contributed by atoms with Gasteiger partial charge in [-0.25, -0.2) is 4.79 Å². The van der Waals surface area contributed by atoms with E-state index < -0.39 is 206 Å². The number of amides is 10. The van der Waals surface area contributed by atoms with Crippen molar-refractivity contribution in [2.45, 2.75) is 163 Å². The topological polar surface area (TPSA) is 588 Å². The van der Waals surface area contributed by atoms with E-state index in [0.717, 1.165) is 4.90 Å². The molecular formula is C53H83N15O20S2. The SMILES string of the molecule is C[C@H](NC(=O)[C@H](CCCN=C(N)N)NC(=O)[C@H](CCC(=O)O)NC(=O)[C@@H](N)CO)C(=O)N[C@@H](Cc1ccc(O)cc1)C(=O)N[C@@H](CCC(=O)O)C(=O)N[C@@H](CS)C(=O)N[C@@H](CS)C(=O)N[C@@H](CCCCN)C(=O)N[C@@H](CCC(=O)O)C(=O)N1CCC[C@H]1C(=O)O. The summed E-state index contributed by atoms with van der Waals surface area (Å²) in [4.78, 5) is 189. The Bertz CT molecular complexity index is 2710. The van der Waals surface area contributed by atoms with E-state index >= 15 is 0 Å². The lowest BCUT2D eigenvalue weighted by atomic mass is 10.0. The van der Waals surface area contributed by atoms with Crippen LogP contribution in [0.2, 0.25) is 0 Å². The number of phenols is 1. The van der Waals surface area contributed by atoms with Crippen LogP contribution in [-0.2, 0) is 73.5 Å². The number of carboxylic acids is 4. The number of nitrogens with one attached hydrogen (secondary N) is 9. The number of carbonyl (C=O) groups excluding carboxylic acids is 10. The van der Waals surface area contributed by atoms with Crippen molar-refractivity contribution < 1.29 is 97.8 Å². The molecule has 0 bridgehead atoms. The van der Waals surface area contributed by atoms with E-state index in [-0.39, 0.29) is 69.9 Å². The zero-order valence-corrected chi connectivity index (χ0v) is 51.1. The van der Waals surface area contributed by atoms with Gasteiger partial charge in [-0.1, -0.05) is 12.1 Å². The quantitative estimate of drug-likeness (QED) is 0.0125. The number of carbonyl (C=O) groups is 14. The molecule has 1 aliphatic heterocycles. The second kappa shape index (κ2) is 40.2. The normalized spacial score (nSPS) is 16.0. The number of thiol groups is 2. The predicted molar refractivity (Wildman–Crippen MR) is 323 cm³/mol. The summed E-state index contributed by atoms with van der Waals surface area (Å²) in [6.07, 6.45) is -3.14. The van der Waals surface area contributed by atoms with E-state index in [9.17, 15) is 97.8 Å². The van der Waals surface area contributed by atoms with E-state index in [1.165, 1.54) is 31.2 Å². The van der Waals surface area contributed by atoms with Gasteiger partial charge in [-0.2, -0.15) is 25.3 Å². The maximum absolute atomic E-state index is 14.3. The zero-order valence-electron chi connectivity index (χ0n) is 49.3. The Balaban J connectivity index is 2.41. The Morgan fingerprint density at radius 2 is 0.956 bits per heavy atom. The highest BCUT2D eigenvalue weighted by molar-refractivity contribution is 7.80. The minimum atomic E-state index is -1.78. The van der Waals surface area contributed by atoms with Crippen LogP contribution in [0.3, 0.4) is 0 Å². The largest absolute Gasteiger partial charge is 0.508 e. The van der Waals surface area contributed by atoms with E-state index in [1.54, 1.807) is 0 Å². The van der Waals surface area contributed by atoms with Gasteiger partial charge in [0, 0.05) is 50.3 Å². The Morgan fingerprint density at radius 1 is 0.556 bits per heavy atom. The number of carboxylic acid groups (broad SMARTS) is 4. The van der Waals surface area contributed by atoms with Gasteiger partial charge in [-0.15, -0.1) is 0 Å². The molecule has 1 aromatic carbocycles. The highest BCUT2D eigenvalue weighted by atomic mass is 32.1. The van der Waals surface area contributed by atoms with Gasteiger partial charge in [0.1, 0.15) is 72.2 Å². The van der Waals surface area contributed by atoms with Gasteiger partial charge in [-0.05, 0) is 95.4 Å². The number of hydrogen-bond acceptors (Lipinski definition) is 21. The molecule has 1 aromatic rings. The molecule has 1 fully saturated rings. The lowest BCUT2D eigenvalue weighted by Crippen LogP contribution is -2.61. The molecular weight excluding hydrogens is 1230 g/mol. The number of aliphatic imine (C=N–C) groups is 1. The maximum Gasteiger partial charge on any atom is 0.326 e. The van der Waals surface area contributed by atoms with Crippen LogP contribution in [0.25, 0.3) is 0 Å². The van der Waals surface area contributed by atoms with Crippen molar-refractivity contribution in [2.75, 3.05) is 37.7 Å². The molecule has 0 aromatic heterocycles. The van der Waals surface area contributed by atoms with Crippen LogP contribution >= 0.6 is 25.3 Å². The standard InChI is InChI=1S/C53H83N15O20S2/c1-26(59-44(79)31(7-4-20-58-53(56)57)61-46(81)32(13-16-39(71)72)60-43(78)29(55)23-69)42(77)65-35(22-27-9-11-28(70)12-10-27)48(83)63-33(14-17-40(73)74)47(82)66-37(25-90)50(85)67-36(24-89)49(84)62-30(6-2-3-19-54)45(80)64-34(15-18-41(75)76)51(86)68-21-5-8-38(68)52(87)88/h9-12,26,29-38,69-70,89-90H,2-8,13-25,54-55H2,1H3,(H,59,79)(H,60,78)(H,61,81)(H,62,84)(H,63,83)(H,64,80)(H,65,77)(H,66,82)(H,67,85)(H,71,72)(H,73,74)(H,75,76)(H,87,88)(H4,56,57,58)/t26-,29-,30-,31-,32-,33-,34-,35-,36-,37-,38-/m0/s1. The molecule has 0 aliphatic carbocycles. The minimum absolute atomic E-state index is 0.0218. The number of rotatable bonds is 42. The zero-order chi connectivity index (χ0) is 67.8. The second-order valence-corrected chi connectivity index (χ2v) is 21.5. The summed E-state index contributed by atoms with van der Waals surface area (Å²) in [5.41, 5.74) is 22.4. The van der Waals surface area contributed by atoms with Gasteiger partial charge in [0.05, 0.1) is 6.61 Å². The number of benzene rings is 1. The average molecular weight is 1310 g/mol. The predicted octanol–water partition coefficient (Wildman–Crippen LogP) is -6.65. The molecule has 2 rings (SSSR count). The van der Waals surface area contributed by atoms with E-state index in [1.807, 2.05) is 0 Å². The highest BCUT2D eigenvalue weighted by Crippen LogP contribution is 2.20. The lowest BCUT2D eigenvalue weighted by molar-refractivity contribution is -0.150. The molecule has 1 saturated heterocycles. The van der Waals surface area contributed by atoms with Crippen LogP contribution in [0, 0.1) is 0 Å². The summed E-state index contributed by atoms with van der Waals surface area (Å²) in [7, 11) is 0. The Kier molecular flexibility index (Phi) is 34.6. The van der Waals surface area contributed by atoms with Crippen molar-refractivity contribution in [1.29, 1.82) is 0 Å². The summed E-state index contributed by atoms with van der Waals surface area (Å²) < 4.78 is 0. The fourth-order valence-electron chi connectivity index (χ4n) is 8.76. The first-order valence-electron chi connectivity index (χ1n) is 28.5. The van der Waals surface area contributed by atoms with Crippen molar-refractivity contribution >= 4 is 114 Å². The molecule has 23 N–H and O–H groups in total. The summed E-state index contributed by atoms with van der Waals surface area (Å²) in [6, 6.07) is -11.7. The third kappa shape index (κ3) is 27.9. The number of nitrogens with zero attached hydrogens (tertiary/aromatic N) is 2. The number of aliphatic hydroxyl groups is 1. The van der Waals surface area contributed by atoms with Gasteiger partial charge in [0.2, 0.25) is 59.1 Å². The molecule has 0 spiro atoms. The van der Waals surface area contributed by atoms with Crippen molar-refractivity contribution in [3.63, 3.8) is 0 Å². The van der Waals surface area contributed by atoms with E-state index in [4.69, 9.17) is 22.9 Å². The molecule has 1 aliphatic rings. The van der Waals surface area contributed by atoms with Gasteiger partial charge in [0.25, 0.3) is 0 Å². The molecule has 10 amide bonds. The van der Waals surface area contributed by atoms with Crippen LogP contribution < -0.4 is 70.8 Å². The fourth-order valence-corrected chi connectivity index (χ4v) is 9.27. The van der Waals surface area contributed by atoms with Gasteiger partial charge >= 0.3 is 23.9 Å². The number of aromatic hydroxyl groups is 1. The number of phenolic OH excluding ortho intramolecular Hbond substituents is 1. The first kappa shape index (κ1) is 77.5. The lowest BCUT2D eigenvalue weighted by Gasteiger charge is -2.29. The molecule has 0 saturated carbocycles. The molecule has 90 heavy (non-hydrogen) atoms. The first-order valence-corrected chi connectivity index (χ1v) is 29.8. The van der Waals surface area contributed by atoms with Crippen molar-refractivity contribution in [1.82, 2.24) is 52.8 Å². The van der Waals surface area contributed by atoms with Crippen molar-refractivity contribution in [3.8, 4) is 5.75 Å². The summed E-state index contributed by atoms with van der Waals surface area (Å²) in [5, 5.41) is 78.8. The van der Waals surface area contributed by atoms with Crippen molar-refractivity contribution in [3.05, 3.63) is 29.8 Å². The van der Waals surface area contributed by atoms with Gasteiger partial charge in [0.15, 0.2) is 5.96 Å². The number of nitrogens with two attached hydrogens (primary N) is 4. The van der Waals surface area contributed by atoms with Gasteiger partial charge < -0.3 is 106 Å². The van der Waals surface area contributed by atoms with Gasteiger partial charge in [-0.3, -0.25) is 67.3 Å². The average Bonchev–Trinajstić information content (AvgIpc) is 1.99. The molecule has 11 atom stereocenters. The number of hydrogen-bond donors (Lipinski definition) is 21. The number of unbranched alkanes of at least 4 members (excludes halogenated alkanes) is 1. The van der Waals surface area contributed by atoms with Crippen molar-refractivity contribution in [2.24, 2.45) is 27.9 Å². The Hall–Kier alpha value is -8.55. The maximum atomic E-state index is 14.3. The summed E-state index contributed by atoms with van der Waals surface area (Å²) in [5.74, 6) is -17.1. The molecule has 0 radical (unpaired) electrons. The monoisotopic (exact) mass is 1310 g/mol.